The van der Waals surface area contributed by atoms with Crippen LogP contribution in [0.4, 0.5) is 0 Å². The van der Waals surface area contributed by atoms with Crippen LogP contribution in [0.5, 0.6) is 0 Å². The first-order valence-corrected chi connectivity index (χ1v) is 6.84. The van der Waals surface area contributed by atoms with Crippen LogP contribution in [0.1, 0.15) is 16.8 Å². The lowest BCUT2D eigenvalue weighted by Gasteiger charge is -2.14. The number of carboxylic acids is 1. The third kappa shape index (κ3) is 2.75. The average Bonchev–Trinajstić information content (AvgIpc) is 2.67. The van der Waals surface area contributed by atoms with Gasteiger partial charge >= 0.3 is 0 Å². The summed E-state index contributed by atoms with van der Waals surface area (Å²) in [5.41, 5.74) is 0.0277. The first-order valence-electron chi connectivity index (χ1n) is 5.96. The number of hydrogen-bond donors (Lipinski definition) is 0. The van der Waals surface area contributed by atoms with E-state index in [-0.39, 0.29) is 30.3 Å². The fourth-order valence-electron chi connectivity index (χ4n) is 1.96. The maximum absolute atomic E-state index is 12.1. The summed E-state index contributed by atoms with van der Waals surface area (Å²) >= 11 is 1.08. The lowest BCUT2D eigenvalue weighted by atomic mass is 10.2. The van der Waals surface area contributed by atoms with Crippen LogP contribution < -0.4 is 5.11 Å². The Morgan fingerprint density at radius 2 is 2.15 bits per heavy atom. The number of thioether (sulfide) groups is 1. The van der Waals surface area contributed by atoms with E-state index in [1.807, 2.05) is 0 Å². The van der Waals surface area contributed by atoms with Crippen LogP contribution in [-0.2, 0) is 9.59 Å². The molecule has 0 radical (unpaired) electrons. The molecule has 1 saturated heterocycles. The van der Waals surface area contributed by atoms with Crippen LogP contribution in [0, 0.1) is 0 Å². The second kappa shape index (κ2) is 5.92. The molecule has 5 nitrogen and oxygen atoms in total. The maximum Gasteiger partial charge on any atom is 0.243 e. The molecule has 20 heavy (non-hydrogen) atoms. The van der Waals surface area contributed by atoms with Crippen molar-refractivity contribution in [2.24, 2.45) is 0 Å². The molecule has 1 heterocycles. The topological polar surface area (TPSA) is 77.5 Å². The second-order valence-corrected chi connectivity index (χ2v) is 5.47. The molecule has 1 aliphatic rings. The van der Waals surface area contributed by atoms with Crippen molar-refractivity contribution in [2.45, 2.75) is 16.6 Å². The van der Waals surface area contributed by atoms with E-state index in [1.165, 1.54) is 12.1 Å². The molecule has 6 heteroatoms. The zero-order chi connectivity index (χ0) is 14.7. The van der Waals surface area contributed by atoms with E-state index in [0.29, 0.717) is 4.90 Å². The minimum Gasteiger partial charge on any atom is -0.545 e. The highest BCUT2D eigenvalue weighted by Gasteiger charge is 2.38. The second-order valence-electron chi connectivity index (χ2n) is 4.23. The lowest BCUT2D eigenvalue weighted by molar-refractivity contribution is -0.255. The largest absolute Gasteiger partial charge is 0.545 e. The van der Waals surface area contributed by atoms with Crippen molar-refractivity contribution in [3.8, 4) is 0 Å². The molecule has 1 fully saturated rings. The van der Waals surface area contributed by atoms with Gasteiger partial charge in [-0.2, -0.15) is 0 Å². The van der Waals surface area contributed by atoms with Gasteiger partial charge in [-0.25, -0.2) is 0 Å². The number of nitrogens with zero attached hydrogens (tertiary/aromatic N) is 1. The van der Waals surface area contributed by atoms with E-state index in [9.17, 15) is 19.5 Å². The molecule has 0 spiro atoms. The van der Waals surface area contributed by atoms with Gasteiger partial charge in [0.1, 0.15) is 0 Å². The molecule has 2 rings (SSSR count). The Labute approximate surface area is 120 Å². The normalized spacial score (nSPS) is 18.4. The highest BCUT2D eigenvalue weighted by atomic mass is 32.2. The van der Waals surface area contributed by atoms with Crippen molar-refractivity contribution in [2.75, 3.05) is 6.54 Å². The fraction of sp³-hybridized carbons (Fsp3) is 0.214. The smallest absolute Gasteiger partial charge is 0.243 e. The van der Waals surface area contributed by atoms with Crippen LogP contribution in [0.3, 0.4) is 0 Å². The van der Waals surface area contributed by atoms with Crippen molar-refractivity contribution in [3.05, 3.63) is 42.5 Å². The third-order valence-corrected chi connectivity index (χ3v) is 4.15. The van der Waals surface area contributed by atoms with E-state index in [4.69, 9.17) is 0 Å². The zero-order valence-corrected chi connectivity index (χ0v) is 11.4. The lowest BCUT2D eigenvalue weighted by Crippen LogP contribution is -2.31. The zero-order valence-electron chi connectivity index (χ0n) is 10.6. The van der Waals surface area contributed by atoms with Gasteiger partial charge in [0.2, 0.25) is 11.8 Å². The Morgan fingerprint density at radius 3 is 2.80 bits per heavy atom. The molecule has 2 amide bonds. The predicted octanol–water partition coefficient (Wildman–Crippen LogP) is 0.456. The monoisotopic (exact) mass is 290 g/mol. The van der Waals surface area contributed by atoms with Gasteiger partial charge in [0.05, 0.1) is 11.2 Å². The number of imide groups is 1. The number of rotatable bonds is 5. The van der Waals surface area contributed by atoms with Crippen LogP contribution in [-0.4, -0.2) is 34.5 Å². The highest BCUT2D eigenvalue weighted by Crippen LogP contribution is 2.33. The van der Waals surface area contributed by atoms with Gasteiger partial charge in [0.15, 0.2) is 0 Å². The van der Waals surface area contributed by atoms with Crippen molar-refractivity contribution >= 4 is 29.5 Å². The molecule has 1 aliphatic heterocycles. The van der Waals surface area contributed by atoms with Gasteiger partial charge in [0, 0.05) is 23.4 Å². The first kappa shape index (κ1) is 14.3. The van der Waals surface area contributed by atoms with Gasteiger partial charge in [-0.3, -0.25) is 14.5 Å². The summed E-state index contributed by atoms with van der Waals surface area (Å²) < 4.78 is 0. The van der Waals surface area contributed by atoms with Crippen LogP contribution in [0.15, 0.2) is 41.8 Å². The summed E-state index contributed by atoms with van der Waals surface area (Å²) in [6.07, 6.45) is 1.55. The first-order chi connectivity index (χ1) is 9.54. The Kier molecular flexibility index (Phi) is 4.24. The van der Waals surface area contributed by atoms with E-state index in [0.717, 1.165) is 16.7 Å². The Hall–Kier alpha value is -2.08. The molecule has 0 aromatic heterocycles. The fourth-order valence-corrected chi connectivity index (χ4v) is 3.15. The molecular formula is C14H12NO4S-. The number of carboxylic acid groups (broad SMARTS) is 1. The molecule has 0 aliphatic carbocycles. The van der Waals surface area contributed by atoms with Crippen LogP contribution >= 0.6 is 11.8 Å². The molecule has 0 N–H and O–H groups in total. The minimum atomic E-state index is -1.30. The minimum absolute atomic E-state index is 0.0277. The number of aromatic carboxylic acids is 1. The molecular weight excluding hydrogens is 278 g/mol. The summed E-state index contributed by atoms with van der Waals surface area (Å²) in [4.78, 5) is 36.3. The summed E-state index contributed by atoms with van der Waals surface area (Å²) in [6.45, 7) is 3.68. The average molecular weight is 290 g/mol. The van der Waals surface area contributed by atoms with Crippen molar-refractivity contribution in [1.82, 2.24) is 4.90 Å². The number of amides is 2. The highest BCUT2D eigenvalue weighted by molar-refractivity contribution is 8.00. The molecule has 0 saturated carbocycles. The number of carbonyl (C=O) groups is 3. The van der Waals surface area contributed by atoms with Crippen LogP contribution in [0.25, 0.3) is 0 Å². The van der Waals surface area contributed by atoms with Crippen molar-refractivity contribution in [1.29, 1.82) is 0 Å². The van der Waals surface area contributed by atoms with Gasteiger partial charge in [-0.05, 0) is 6.07 Å². The Balaban J connectivity index is 2.19. The van der Waals surface area contributed by atoms with E-state index in [1.54, 1.807) is 18.2 Å². The third-order valence-electron chi connectivity index (χ3n) is 2.89. The summed E-state index contributed by atoms with van der Waals surface area (Å²) in [6, 6.07) is 6.28. The number of hydrogen-bond acceptors (Lipinski definition) is 5. The SMILES string of the molecule is C=CCN1C(=O)C[C@@H](Sc2ccccc2C(=O)[O-])C1=O. The maximum atomic E-state index is 12.1. The molecule has 0 unspecified atom stereocenters. The van der Waals surface area contributed by atoms with Crippen LogP contribution in [0.2, 0.25) is 0 Å². The van der Waals surface area contributed by atoms with Crippen molar-refractivity contribution in [3.63, 3.8) is 0 Å². The number of likely N-dealkylation sites (tertiary alicyclic amines) is 1. The van der Waals surface area contributed by atoms with E-state index in [2.05, 4.69) is 6.58 Å². The molecule has 104 valence electrons. The number of carbonyl (C=O) groups excluding carboxylic acids is 3. The predicted molar refractivity (Wildman–Crippen MR) is 72.0 cm³/mol. The van der Waals surface area contributed by atoms with E-state index < -0.39 is 11.2 Å². The summed E-state index contributed by atoms with van der Waals surface area (Å²) in [5.74, 6) is -1.88. The van der Waals surface area contributed by atoms with E-state index >= 15 is 0 Å². The van der Waals surface area contributed by atoms with Gasteiger partial charge < -0.3 is 9.90 Å². The Morgan fingerprint density at radius 1 is 1.45 bits per heavy atom. The molecule has 0 bridgehead atoms. The number of benzene rings is 1. The summed E-state index contributed by atoms with van der Waals surface area (Å²) in [5, 5.41) is 10.4. The summed E-state index contributed by atoms with van der Waals surface area (Å²) in [7, 11) is 0. The van der Waals surface area contributed by atoms with Gasteiger partial charge in [-0.1, -0.05) is 24.3 Å². The molecule has 1 atom stereocenters. The van der Waals surface area contributed by atoms with Gasteiger partial charge in [-0.15, -0.1) is 18.3 Å². The quantitative estimate of drug-likeness (QED) is 0.581. The molecule has 1 aromatic rings. The van der Waals surface area contributed by atoms with Gasteiger partial charge in [0.25, 0.3) is 0 Å². The standard InChI is InChI=1S/C14H13NO4S/c1-2-7-15-12(16)8-11(13(15)17)20-10-6-4-3-5-9(10)14(18)19/h2-6,11H,1,7-8H2,(H,18,19)/p-1/t11-/m1/s1. The van der Waals surface area contributed by atoms with Crippen molar-refractivity contribution < 1.29 is 19.5 Å². The molecule has 1 aromatic carbocycles. The Bertz CT molecular complexity index is 584.